The largest absolute Gasteiger partial charge is 0.498 e. The Bertz CT molecular complexity index is 1100. The summed E-state index contributed by atoms with van der Waals surface area (Å²) in [5.41, 5.74) is 4.82. The second kappa shape index (κ2) is 7.50. The molecule has 0 saturated carbocycles. The molecule has 1 N–H and O–H groups in total. The Morgan fingerprint density at radius 2 is 1.77 bits per heavy atom. The van der Waals surface area contributed by atoms with Crippen LogP contribution in [0.25, 0.3) is 11.0 Å². The van der Waals surface area contributed by atoms with E-state index in [2.05, 4.69) is 51.1 Å². The quantitative estimate of drug-likeness (QED) is 0.726. The van der Waals surface area contributed by atoms with E-state index < -0.39 is 0 Å². The first-order valence-electron chi connectivity index (χ1n) is 10.2. The van der Waals surface area contributed by atoms with Crippen LogP contribution >= 0.6 is 0 Å². The molecule has 0 bridgehead atoms. The zero-order valence-corrected chi connectivity index (χ0v) is 17.2. The van der Waals surface area contributed by atoms with E-state index in [9.17, 15) is 4.79 Å². The van der Waals surface area contributed by atoms with Gasteiger partial charge < -0.3 is 19.5 Å². The number of nitrogens with zero attached hydrogens (tertiary/aromatic N) is 4. The van der Waals surface area contributed by atoms with Crippen LogP contribution < -0.4 is 9.80 Å². The van der Waals surface area contributed by atoms with Crippen molar-refractivity contribution >= 4 is 28.3 Å². The molecule has 3 aromatic rings. The Morgan fingerprint density at radius 1 is 1.03 bits per heavy atom. The zero-order valence-electron chi connectivity index (χ0n) is 17.2. The lowest BCUT2D eigenvalue weighted by Crippen LogP contribution is -2.44. The molecule has 7 nitrogen and oxygen atoms in total. The first-order chi connectivity index (χ1) is 14.6. The van der Waals surface area contributed by atoms with E-state index in [-0.39, 0.29) is 11.9 Å². The number of hydrogen-bond acceptors (Lipinski definition) is 5. The number of anilines is 2. The molecule has 1 atom stereocenters. The number of amides is 1. The summed E-state index contributed by atoms with van der Waals surface area (Å²) >= 11 is 0. The van der Waals surface area contributed by atoms with Gasteiger partial charge in [0.05, 0.1) is 24.5 Å². The molecule has 3 heterocycles. The van der Waals surface area contributed by atoms with Crippen LogP contribution in [-0.2, 0) is 9.53 Å². The van der Waals surface area contributed by atoms with Gasteiger partial charge in [0.2, 0.25) is 0 Å². The summed E-state index contributed by atoms with van der Waals surface area (Å²) in [4.78, 5) is 26.8. The van der Waals surface area contributed by atoms with Crippen LogP contribution in [-0.4, -0.2) is 61.1 Å². The molecule has 0 aliphatic carbocycles. The molecule has 7 heteroatoms. The topological polar surface area (TPSA) is 64.7 Å². The van der Waals surface area contributed by atoms with Gasteiger partial charge in [0.25, 0.3) is 5.91 Å². The minimum absolute atomic E-state index is 0.0844. The summed E-state index contributed by atoms with van der Waals surface area (Å²) in [6.45, 7) is 4.19. The van der Waals surface area contributed by atoms with Crippen molar-refractivity contribution in [2.24, 2.45) is 0 Å². The van der Waals surface area contributed by atoms with Crippen molar-refractivity contribution in [3.8, 4) is 0 Å². The number of imidazole rings is 1. The molecule has 0 spiro atoms. The van der Waals surface area contributed by atoms with Gasteiger partial charge in [0, 0.05) is 43.6 Å². The van der Waals surface area contributed by atoms with Crippen LogP contribution in [0.4, 0.5) is 11.4 Å². The molecule has 5 rings (SSSR count). The monoisotopic (exact) mass is 403 g/mol. The summed E-state index contributed by atoms with van der Waals surface area (Å²) in [5.74, 6) is 0.566. The number of aromatic nitrogens is 2. The van der Waals surface area contributed by atoms with Crippen LogP contribution in [0, 0.1) is 0 Å². The lowest BCUT2D eigenvalue weighted by molar-refractivity contribution is -0.113. The molecule has 0 radical (unpaired) electrons. The number of hydrogen-bond donors (Lipinski definition) is 1. The summed E-state index contributed by atoms with van der Waals surface area (Å²) in [6, 6.07) is 14.0. The fourth-order valence-corrected chi connectivity index (χ4v) is 4.29. The van der Waals surface area contributed by atoms with Gasteiger partial charge in [0.15, 0.2) is 0 Å². The number of benzene rings is 2. The van der Waals surface area contributed by atoms with Crippen molar-refractivity contribution in [1.29, 1.82) is 0 Å². The number of fused-ring (bicyclic) bond motifs is 1. The standard InChI is InChI=1S/C23H25N5O2/c1-26-9-11-27(12-10-26)17-5-3-16(4-6-17)23-21(30-2)14-22(29)28(23)18-7-8-19-20(13-18)25-15-24-19/h3-8,13-15,23H,9-12H2,1-2H3,(H,24,25). The Labute approximate surface area is 175 Å². The normalized spacial score (nSPS) is 20.1. The second-order valence-corrected chi connectivity index (χ2v) is 7.85. The highest BCUT2D eigenvalue weighted by molar-refractivity contribution is 6.06. The zero-order chi connectivity index (χ0) is 20.7. The van der Waals surface area contributed by atoms with Gasteiger partial charge >= 0.3 is 0 Å². The maximum atomic E-state index is 12.9. The van der Waals surface area contributed by atoms with E-state index in [0.29, 0.717) is 5.76 Å². The number of aromatic amines is 1. The summed E-state index contributed by atoms with van der Waals surface area (Å²) in [5, 5.41) is 0. The number of carbonyl (C=O) groups excluding carboxylic acids is 1. The molecule has 30 heavy (non-hydrogen) atoms. The van der Waals surface area contributed by atoms with Crippen molar-refractivity contribution in [2.75, 3.05) is 50.1 Å². The fraction of sp³-hybridized carbons (Fsp3) is 0.304. The van der Waals surface area contributed by atoms with Crippen molar-refractivity contribution in [3.05, 3.63) is 66.2 Å². The Kier molecular flexibility index (Phi) is 4.67. The highest BCUT2D eigenvalue weighted by Crippen LogP contribution is 2.39. The number of likely N-dealkylation sites (N-methyl/N-ethyl adjacent to an activating group) is 1. The molecular weight excluding hydrogens is 378 g/mol. The Hall–Kier alpha value is -3.32. The first kappa shape index (κ1) is 18.7. The number of nitrogens with one attached hydrogen (secondary N) is 1. The molecule has 1 fully saturated rings. The van der Waals surface area contributed by atoms with Crippen molar-refractivity contribution in [2.45, 2.75) is 6.04 Å². The maximum absolute atomic E-state index is 12.9. The molecule has 1 amide bonds. The van der Waals surface area contributed by atoms with Crippen molar-refractivity contribution in [3.63, 3.8) is 0 Å². The van der Waals surface area contributed by atoms with Crippen molar-refractivity contribution < 1.29 is 9.53 Å². The van der Waals surface area contributed by atoms with E-state index in [0.717, 1.165) is 48.5 Å². The van der Waals surface area contributed by atoms with Gasteiger partial charge in [-0.15, -0.1) is 0 Å². The lowest BCUT2D eigenvalue weighted by atomic mass is 10.0. The van der Waals surface area contributed by atoms with E-state index in [1.54, 1.807) is 24.4 Å². The summed E-state index contributed by atoms with van der Waals surface area (Å²) in [6.07, 6.45) is 3.24. The van der Waals surface area contributed by atoms with Crippen LogP contribution in [0.2, 0.25) is 0 Å². The highest BCUT2D eigenvalue weighted by Gasteiger charge is 2.36. The number of carbonyl (C=O) groups is 1. The van der Waals surface area contributed by atoms with Gasteiger partial charge in [0.1, 0.15) is 11.8 Å². The minimum Gasteiger partial charge on any atom is -0.498 e. The van der Waals surface area contributed by atoms with Crippen molar-refractivity contribution in [1.82, 2.24) is 14.9 Å². The van der Waals surface area contributed by atoms with Gasteiger partial charge in [-0.1, -0.05) is 12.1 Å². The third-order valence-corrected chi connectivity index (χ3v) is 6.03. The predicted octanol–water partition coefficient (Wildman–Crippen LogP) is 2.93. The third kappa shape index (κ3) is 3.21. The molecule has 2 aliphatic heterocycles. The van der Waals surface area contributed by atoms with Gasteiger partial charge in [-0.3, -0.25) is 9.69 Å². The fourth-order valence-electron chi connectivity index (χ4n) is 4.29. The summed E-state index contributed by atoms with van der Waals surface area (Å²) in [7, 11) is 3.78. The number of ether oxygens (including phenoxy) is 1. The maximum Gasteiger partial charge on any atom is 0.255 e. The SMILES string of the molecule is COC1=CC(=O)N(c2ccc3nc[nH]c3c2)C1c1ccc(N2CCN(C)CC2)cc1. The van der Waals surface area contributed by atoms with Gasteiger partial charge in [-0.25, -0.2) is 4.98 Å². The second-order valence-electron chi connectivity index (χ2n) is 7.85. The average Bonchev–Trinajstić information content (AvgIpc) is 3.37. The minimum atomic E-state index is -0.288. The van der Waals surface area contributed by atoms with E-state index in [1.807, 2.05) is 18.2 Å². The molecule has 1 saturated heterocycles. The average molecular weight is 403 g/mol. The number of piperazine rings is 1. The summed E-state index contributed by atoms with van der Waals surface area (Å²) < 4.78 is 5.59. The van der Waals surface area contributed by atoms with E-state index >= 15 is 0 Å². The van der Waals surface area contributed by atoms with Crippen LogP contribution in [0.1, 0.15) is 11.6 Å². The molecule has 1 unspecified atom stereocenters. The van der Waals surface area contributed by atoms with Gasteiger partial charge in [-0.2, -0.15) is 0 Å². The number of H-pyrrole nitrogens is 1. The molecule has 2 aliphatic rings. The van der Waals surface area contributed by atoms with E-state index in [1.165, 1.54) is 5.69 Å². The Morgan fingerprint density at radius 3 is 2.50 bits per heavy atom. The smallest absolute Gasteiger partial charge is 0.255 e. The van der Waals surface area contributed by atoms with Crippen LogP contribution in [0.5, 0.6) is 0 Å². The van der Waals surface area contributed by atoms with Crippen LogP contribution in [0.15, 0.2) is 60.6 Å². The Balaban J connectivity index is 1.46. The predicted molar refractivity (Wildman–Crippen MR) is 118 cm³/mol. The molecule has 1 aromatic heterocycles. The van der Waals surface area contributed by atoms with E-state index in [4.69, 9.17) is 4.74 Å². The molecule has 154 valence electrons. The highest BCUT2D eigenvalue weighted by atomic mass is 16.5. The van der Waals surface area contributed by atoms with Crippen LogP contribution in [0.3, 0.4) is 0 Å². The molecular formula is C23H25N5O2. The lowest BCUT2D eigenvalue weighted by Gasteiger charge is -2.34. The van der Waals surface area contributed by atoms with Gasteiger partial charge in [-0.05, 0) is 42.9 Å². The first-order valence-corrected chi connectivity index (χ1v) is 10.2. The number of methoxy groups -OCH3 is 1. The molecule has 2 aromatic carbocycles. The number of rotatable bonds is 4. The third-order valence-electron chi connectivity index (χ3n) is 6.03.